The SMILES string of the molecule is CCCCC[C@H]1CC[C@H](C2CCC(C#N)CC2)CC1. The van der Waals surface area contributed by atoms with Crippen LogP contribution in [0.15, 0.2) is 0 Å². The normalized spacial score (nSPS) is 35.8. The average molecular weight is 261 g/mol. The molecule has 0 aromatic carbocycles. The van der Waals surface area contributed by atoms with Gasteiger partial charge >= 0.3 is 0 Å². The molecule has 2 fully saturated rings. The predicted octanol–water partition coefficient (Wildman–Crippen LogP) is 5.70. The van der Waals surface area contributed by atoms with E-state index in [1.807, 2.05) is 0 Å². The molecule has 0 amide bonds. The Bertz CT molecular complexity index is 275. The molecule has 0 heterocycles. The van der Waals surface area contributed by atoms with Gasteiger partial charge in [0.05, 0.1) is 6.07 Å². The minimum Gasteiger partial charge on any atom is -0.198 e. The van der Waals surface area contributed by atoms with Gasteiger partial charge in [0.15, 0.2) is 0 Å². The molecule has 0 atom stereocenters. The summed E-state index contributed by atoms with van der Waals surface area (Å²) in [6.45, 7) is 2.30. The number of rotatable bonds is 5. The molecule has 0 aromatic heterocycles. The van der Waals surface area contributed by atoms with E-state index in [0.717, 1.165) is 17.8 Å². The van der Waals surface area contributed by atoms with Gasteiger partial charge in [-0.2, -0.15) is 5.26 Å². The Labute approximate surface area is 119 Å². The Morgan fingerprint density at radius 3 is 1.95 bits per heavy atom. The zero-order valence-corrected chi connectivity index (χ0v) is 12.7. The fourth-order valence-corrected chi connectivity index (χ4v) is 4.35. The van der Waals surface area contributed by atoms with Crippen LogP contribution in [0.4, 0.5) is 0 Å². The van der Waals surface area contributed by atoms with Gasteiger partial charge in [0, 0.05) is 5.92 Å². The highest BCUT2D eigenvalue weighted by molar-refractivity contribution is 4.89. The Kier molecular flexibility index (Phi) is 6.21. The maximum Gasteiger partial charge on any atom is 0.0655 e. The number of unbranched alkanes of at least 4 members (excludes halogenated alkanes) is 2. The van der Waals surface area contributed by atoms with Gasteiger partial charge in [0.1, 0.15) is 0 Å². The summed E-state index contributed by atoms with van der Waals surface area (Å²) in [5.41, 5.74) is 0. The third-order valence-corrected chi connectivity index (χ3v) is 5.73. The van der Waals surface area contributed by atoms with Crippen LogP contribution in [0.25, 0.3) is 0 Å². The van der Waals surface area contributed by atoms with Crippen LogP contribution >= 0.6 is 0 Å². The first kappa shape index (κ1) is 14.9. The van der Waals surface area contributed by atoms with Crippen LogP contribution in [0, 0.1) is 35.0 Å². The van der Waals surface area contributed by atoms with Crippen molar-refractivity contribution in [2.45, 2.75) is 84.0 Å². The zero-order valence-electron chi connectivity index (χ0n) is 12.7. The lowest BCUT2D eigenvalue weighted by Crippen LogP contribution is -2.25. The van der Waals surface area contributed by atoms with Crippen LogP contribution in [0.1, 0.15) is 84.0 Å². The predicted molar refractivity (Wildman–Crippen MR) is 80.7 cm³/mol. The van der Waals surface area contributed by atoms with Crippen molar-refractivity contribution in [2.75, 3.05) is 0 Å². The van der Waals surface area contributed by atoms with Gasteiger partial charge in [-0.05, 0) is 56.3 Å². The van der Waals surface area contributed by atoms with Gasteiger partial charge in [-0.25, -0.2) is 0 Å². The van der Waals surface area contributed by atoms with E-state index in [-0.39, 0.29) is 0 Å². The highest BCUT2D eigenvalue weighted by Gasteiger charge is 2.30. The highest BCUT2D eigenvalue weighted by atomic mass is 14.4. The highest BCUT2D eigenvalue weighted by Crippen LogP contribution is 2.42. The average Bonchev–Trinajstić information content (AvgIpc) is 2.48. The fourth-order valence-electron chi connectivity index (χ4n) is 4.35. The van der Waals surface area contributed by atoms with Crippen molar-refractivity contribution in [3.8, 4) is 6.07 Å². The fraction of sp³-hybridized carbons (Fsp3) is 0.944. The van der Waals surface area contributed by atoms with Crippen molar-refractivity contribution >= 4 is 0 Å². The molecular formula is C18H31N. The Morgan fingerprint density at radius 1 is 0.842 bits per heavy atom. The van der Waals surface area contributed by atoms with Crippen LogP contribution in [0.3, 0.4) is 0 Å². The van der Waals surface area contributed by atoms with Gasteiger partial charge in [-0.15, -0.1) is 0 Å². The first-order valence-corrected chi connectivity index (χ1v) is 8.73. The van der Waals surface area contributed by atoms with Crippen molar-refractivity contribution in [1.29, 1.82) is 5.26 Å². The van der Waals surface area contributed by atoms with E-state index >= 15 is 0 Å². The molecule has 2 rings (SSSR count). The van der Waals surface area contributed by atoms with Crippen molar-refractivity contribution in [2.24, 2.45) is 23.7 Å². The molecule has 0 spiro atoms. The Balaban J connectivity index is 1.65. The molecule has 0 aliphatic heterocycles. The molecule has 0 radical (unpaired) electrons. The summed E-state index contributed by atoms with van der Waals surface area (Å²) in [6.07, 6.45) is 16.7. The van der Waals surface area contributed by atoms with Gasteiger partial charge in [0.25, 0.3) is 0 Å². The molecule has 1 heteroatoms. The standard InChI is InChI=1S/C18H31N/c1-2-3-4-5-15-6-10-17(11-7-15)18-12-8-16(14-19)9-13-18/h15-18H,2-13H2,1H3/t15-,16?,17-,18?. The number of nitriles is 1. The molecule has 2 aliphatic rings. The summed E-state index contributed by atoms with van der Waals surface area (Å²) in [7, 11) is 0. The molecule has 0 aromatic rings. The van der Waals surface area contributed by atoms with Crippen LogP contribution < -0.4 is 0 Å². The van der Waals surface area contributed by atoms with E-state index in [4.69, 9.17) is 5.26 Å². The van der Waals surface area contributed by atoms with Crippen molar-refractivity contribution in [1.82, 2.24) is 0 Å². The van der Waals surface area contributed by atoms with E-state index in [1.54, 1.807) is 0 Å². The lowest BCUT2D eigenvalue weighted by molar-refractivity contribution is 0.152. The Morgan fingerprint density at radius 2 is 1.42 bits per heavy atom. The second-order valence-electron chi connectivity index (χ2n) is 7.02. The molecule has 0 unspecified atom stereocenters. The van der Waals surface area contributed by atoms with Crippen molar-refractivity contribution < 1.29 is 0 Å². The number of hydrogen-bond acceptors (Lipinski definition) is 1. The van der Waals surface area contributed by atoms with E-state index in [1.165, 1.54) is 77.0 Å². The molecule has 2 saturated carbocycles. The van der Waals surface area contributed by atoms with E-state index < -0.39 is 0 Å². The summed E-state index contributed by atoms with van der Waals surface area (Å²) in [6, 6.07) is 2.46. The molecule has 0 N–H and O–H groups in total. The van der Waals surface area contributed by atoms with Gasteiger partial charge < -0.3 is 0 Å². The summed E-state index contributed by atoms with van der Waals surface area (Å²) in [5.74, 6) is 3.38. The van der Waals surface area contributed by atoms with E-state index in [9.17, 15) is 0 Å². The number of nitrogens with zero attached hydrogens (tertiary/aromatic N) is 1. The molecule has 108 valence electrons. The molecule has 2 aliphatic carbocycles. The lowest BCUT2D eigenvalue weighted by Gasteiger charge is -2.36. The number of hydrogen-bond donors (Lipinski definition) is 0. The molecular weight excluding hydrogens is 230 g/mol. The Hall–Kier alpha value is -0.510. The maximum absolute atomic E-state index is 8.98. The minimum atomic E-state index is 0.377. The van der Waals surface area contributed by atoms with Crippen LogP contribution in [0.5, 0.6) is 0 Å². The first-order chi connectivity index (χ1) is 9.33. The van der Waals surface area contributed by atoms with Crippen molar-refractivity contribution in [3.63, 3.8) is 0 Å². The van der Waals surface area contributed by atoms with Crippen molar-refractivity contribution in [3.05, 3.63) is 0 Å². The largest absolute Gasteiger partial charge is 0.198 e. The second-order valence-corrected chi connectivity index (χ2v) is 7.02. The summed E-state index contributed by atoms with van der Waals surface area (Å²) < 4.78 is 0. The van der Waals surface area contributed by atoms with Gasteiger partial charge in [0.2, 0.25) is 0 Å². The first-order valence-electron chi connectivity index (χ1n) is 8.73. The van der Waals surface area contributed by atoms with Crippen LogP contribution in [-0.2, 0) is 0 Å². The minimum absolute atomic E-state index is 0.377. The third-order valence-electron chi connectivity index (χ3n) is 5.73. The van der Waals surface area contributed by atoms with Crippen LogP contribution in [-0.4, -0.2) is 0 Å². The monoisotopic (exact) mass is 261 g/mol. The second kappa shape index (κ2) is 7.93. The molecule has 0 bridgehead atoms. The molecule has 19 heavy (non-hydrogen) atoms. The smallest absolute Gasteiger partial charge is 0.0655 e. The van der Waals surface area contributed by atoms with Gasteiger partial charge in [-0.1, -0.05) is 45.4 Å². The third kappa shape index (κ3) is 4.51. The van der Waals surface area contributed by atoms with E-state index in [2.05, 4.69) is 13.0 Å². The summed E-state index contributed by atoms with van der Waals surface area (Å²) >= 11 is 0. The summed E-state index contributed by atoms with van der Waals surface area (Å²) in [5, 5.41) is 8.98. The molecule has 0 saturated heterocycles. The quantitative estimate of drug-likeness (QED) is 0.582. The zero-order chi connectivity index (χ0) is 13.5. The summed E-state index contributed by atoms with van der Waals surface area (Å²) in [4.78, 5) is 0. The lowest BCUT2D eigenvalue weighted by atomic mass is 9.69. The maximum atomic E-state index is 8.98. The molecule has 1 nitrogen and oxygen atoms in total. The van der Waals surface area contributed by atoms with Crippen LogP contribution in [0.2, 0.25) is 0 Å². The topological polar surface area (TPSA) is 23.8 Å². The van der Waals surface area contributed by atoms with Gasteiger partial charge in [-0.3, -0.25) is 0 Å². The van der Waals surface area contributed by atoms with E-state index in [0.29, 0.717) is 5.92 Å².